The Hall–Kier alpha value is -2.78. The van der Waals surface area contributed by atoms with E-state index >= 15 is 0 Å². The molecule has 0 fully saturated rings. The first kappa shape index (κ1) is 20.0. The Bertz CT molecular complexity index is 1110. The standard InChI is InChI=1S/C19H20N4O3S2/c1-4-17-21-22-19(27-17)20-18(24)14-8-7-13(3)16(11-14)28(25,26)23-15-9-5-12(2)6-10-15/h5-11,23H,4H2,1-3H3,(H,20,22,24). The van der Waals surface area contributed by atoms with Gasteiger partial charge in [0.05, 0.1) is 4.90 Å². The summed E-state index contributed by atoms with van der Waals surface area (Å²) in [5.74, 6) is -0.439. The molecule has 9 heteroatoms. The molecule has 0 atom stereocenters. The minimum Gasteiger partial charge on any atom is -0.296 e. The lowest BCUT2D eigenvalue weighted by atomic mass is 10.1. The summed E-state index contributed by atoms with van der Waals surface area (Å²) in [4.78, 5) is 12.6. The van der Waals surface area contributed by atoms with Crippen molar-refractivity contribution in [1.82, 2.24) is 10.2 Å². The monoisotopic (exact) mass is 416 g/mol. The van der Waals surface area contributed by atoms with Crippen molar-refractivity contribution in [2.45, 2.75) is 32.1 Å². The Kier molecular flexibility index (Phi) is 5.76. The van der Waals surface area contributed by atoms with E-state index in [1.165, 1.54) is 17.4 Å². The van der Waals surface area contributed by atoms with Gasteiger partial charge in [0.15, 0.2) is 0 Å². The van der Waals surface area contributed by atoms with Crippen LogP contribution in [0.15, 0.2) is 47.4 Å². The number of amides is 1. The highest BCUT2D eigenvalue weighted by molar-refractivity contribution is 7.92. The number of sulfonamides is 1. The number of carbonyl (C=O) groups excluding carboxylic acids is 1. The molecule has 1 aromatic heterocycles. The molecule has 0 aliphatic rings. The molecule has 0 saturated heterocycles. The highest BCUT2D eigenvalue weighted by Crippen LogP contribution is 2.22. The SMILES string of the molecule is CCc1nnc(NC(=O)c2ccc(C)c(S(=O)(=O)Nc3ccc(C)cc3)c2)s1. The molecule has 0 unspecified atom stereocenters. The summed E-state index contributed by atoms with van der Waals surface area (Å²) in [5, 5.41) is 11.7. The van der Waals surface area contributed by atoms with E-state index in [1.54, 1.807) is 31.2 Å². The fourth-order valence-electron chi connectivity index (χ4n) is 2.48. The topological polar surface area (TPSA) is 101 Å². The molecule has 1 heterocycles. The van der Waals surface area contributed by atoms with E-state index in [9.17, 15) is 13.2 Å². The third-order valence-electron chi connectivity index (χ3n) is 4.03. The van der Waals surface area contributed by atoms with Gasteiger partial charge in [-0.15, -0.1) is 10.2 Å². The Morgan fingerprint density at radius 3 is 2.43 bits per heavy atom. The lowest BCUT2D eigenvalue weighted by Crippen LogP contribution is -2.17. The summed E-state index contributed by atoms with van der Waals surface area (Å²) in [6, 6.07) is 11.6. The van der Waals surface area contributed by atoms with Crippen LogP contribution in [0, 0.1) is 13.8 Å². The van der Waals surface area contributed by atoms with Crippen LogP contribution in [0.2, 0.25) is 0 Å². The van der Waals surface area contributed by atoms with Crippen LogP contribution in [0.25, 0.3) is 0 Å². The zero-order chi connectivity index (χ0) is 20.3. The van der Waals surface area contributed by atoms with Crippen LogP contribution in [0.5, 0.6) is 0 Å². The molecule has 28 heavy (non-hydrogen) atoms. The van der Waals surface area contributed by atoms with Crippen LogP contribution < -0.4 is 10.0 Å². The minimum absolute atomic E-state index is 0.0484. The molecule has 7 nitrogen and oxygen atoms in total. The molecule has 1 amide bonds. The number of hydrogen-bond acceptors (Lipinski definition) is 6. The van der Waals surface area contributed by atoms with Crippen LogP contribution in [0.3, 0.4) is 0 Å². The molecule has 0 radical (unpaired) electrons. The van der Waals surface area contributed by atoms with E-state index in [2.05, 4.69) is 20.2 Å². The average Bonchev–Trinajstić information content (AvgIpc) is 3.11. The van der Waals surface area contributed by atoms with E-state index < -0.39 is 15.9 Å². The molecule has 0 saturated carbocycles. The maximum atomic E-state index is 12.8. The molecular formula is C19H20N4O3S2. The van der Waals surface area contributed by atoms with Crippen molar-refractivity contribution >= 4 is 38.1 Å². The van der Waals surface area contributed by atoms with Crippen LogP contribution in [0.1, 0.15) is 33.4 Å². The Labute approximate surface area is 167 Å². The van der Waals surface area contributed by atoms with Gasteiger partial charge in [0.25, 0.3) is 15.9 Å². The number of anilines is 2. The minimum atomic E-state index is -3.84. The number of aryl methyl sites for hydroxylation is 3. The first-order chi connectivity index (χ1) is 13.3. The van der Waals surface area contributed by atoms with Gasteiger partial charge in [-0.2, -0.15) is 0 Å². The number of aromatic nitrogens is 2. The van der Waals surface area contributed by atoms with Crippen molar-refractivity contribution in [3.63, 3.8) is 0 Å². The second kappa shape index (κ2) is 8.07. The smallest absolute Gasteiger partial charge is 0.262 e. The highest BCUT2D eigenvalue weighted by atomic mass is 32.2. The van der Waals surface area contributed by atoms with Crippen molar-refractivity contribution in [3.05, 3.63) is 64.2 Å². The van der Waals surface area contributed by atoms with E-state index in [-0.39, 0.29) is 10.5 Å². The Balaban J connectivity index is 1.85. The van der Waals surface area contributed by atoms with Gasteiger partial charge in [-0.3, -0.25) is 14.8 Å². The van der Waals surface area contributed by atoms with E-state index in [1.807, 2.05) is 26.0 Å². The molecule has 0 aliphatic carbocycles. The number of rotatable bonds is 6. The Morgan fingerprint density at radius 2 is 1.79 bits per heavy atom. The summed E-state index contributed by atoms with van der Waals surface area (Å²) in [5.41, 5.74) is 2.25. The van der Waals surface area contributed by atoms with Gasteiger partial charge < -0.3 is 0 Å². The third kappa shape index (κ3) is 4.55. The predicted octanol–water partition coefficient (Wildman–Crippen LogP) is 3.77. The summed E-state index contributed by atoms with van der Waals surface area (Å²) in [6.07, 6.45) is 0.727. The lowest BCUT2D eigenvalue weighted by molar-refractivity contribution is 0.102. The van der Waals surface area contributed by atoms with Gasteiger partial charge in [-0.25, -0.2) is 8.42 Å². The molecular weight excluding hydrogens is 396 g/mol. The number of carbonyl (C=O) groups is 1. The molecule has 2 N–H and O–H groups in total. The first-order valence-corrected chi connectivity index (χ1v) is 10.9. The van der Waals surface area contributed by atoms with Gasteiger partial charge in [0.1, 0.15) is 5.01 Å². The normalized spacial score (nSPS) is 11.2. The largest absolute Gasteiger partial charge is 0.296 e. The maximum absolute atomic E-state index is 12.8. The van der Waals surface area contributed by atoms with Crippen LogP contribution in [-0.2, 0) is 16.4 Å². The van der Waals surface area contributed by atoms with E-state index in [0.717, 1.165) is 17.0 Å². The number of hydrogen-bond donors (Lipinski definition) is 2. The average molecular weight is 417 g/mol. The van der Waals surface area contributed by atoms with Crippen molar-refractivity contribution < 1.29 is 13.2 Å². The zero-order valence-corrected chi connectivity index (χ0v) is 17.3. The second-order valence-electron chi connectivity index (χ2n) is 6.26. The zero-order valence-electron chi connectivity index (χ0n) is 15.7. The molecule has 146 valence electrons. The van der Waals surface area contributed by atoms with Crippen molar-refractivity contribution in [2.75, 3.05) is 10.0 Å². The molecule has 0 bridgehead atoms. The predicted molar refractivity (Wildman–Crippen MR) is 110 cm³/mol. The Morgan fingerprint density at radius 1 is 1.07 bits per heavy atom. The van der Waals surface area contributed by atoms with Crippen molar-refractivity contribution in [2.24, 2.45) is 0 Å². The number of nitrogens with zero attached hydrogens (tertiary/aromatic N) is 2. The lowest BCUT2D eigenvalue weighted by Gasteiger charge is -2.12. The van der Waals surface area contributed by atoms with Gasteiger partial charge in [-0.1, -0.05) is 42.0 Å². The third-order valence-corrected chi connectivity index (χ3v) is 6.54. The molecule has 2 aromatic carbocycles. The van der Waals surface area contributed by atoms with Gasteiger partial charge >= 0.3 is 0 Å². The summed E-state index contributed by atoms with van der Waals surface area (Å²) in [7, 11) is -3.84. The van der Waals surface area contributed by atoms with E-state index in [0.29, 0.717) is 16.4 Å². The van der Waals surface area contributed by atoms with Gasteiger partial charge in [0, 0.05) is 11.3 Å². The van der Waals surface area contributed by atoms with Crippen molar-refractivity contribution in [1.29, 1.82) is 0 Å². The summed E-state index contributed by atoms with van der Waals surface area (Å²) >= 11 is 1.29. The molecule has 0 aliphatic heterocycles. The molecule has 3 rings (SSSR count). The fourth-order valence-corrected chi connectivity index (χ4v) is 4.48. The molecule has 0 spiro atoms. The van der Waals surface area contributed by atoms with Crippen LogP contribution in [0.4, 0.5) is 10.8 Å². The maximum Gasteiger partial charge on any atom is 0.262 e. The van der Waals surface area contributed by atoms with Crippen LogP contribution in [-0.4, -0.2) is 24.5 Å². The molecule has 3 aromatic rings. The first-order valence-electron chi connectivity index (χ1n) is 8.62. The van der Waals surface area contributed by atoms with Gasteiger partial charge in [-0.05, 0) is 50.1 Å². The number of nitrogens with one attached hydrogen (secondary N) is 2. The quantitative estimate of drug-likeness (QED) is 0.637. The van der Waals surface area contributed by atoms with Gasteiger partial charge in [0.2, 0.25) is 5.13 Å². The summed E-state index contributed by atoms with van der Waals surface area (Å²) in [6.45, 7) is 5.56. The summed E-state index contributed by atoms with van der Waals surface area (Å²) < 4.78 is 28.2. The highest BCUT2D eigenvalue weighted by Gasteiger charge is 2.20. The van der Waals surface area contributed by atoms with Crippen molar-refractivity contribution in [3.8, 4) is 0 Å². The number of benzene rings is 2. The second-order valence-corrected chi connectivity index (χ2v) is 8.97. The van der Waals surface area contributed by atoms with Crippen LogP contribution >= 0.6 is 11.3 Å². The fraction of sp³-hybridized carbons (Fsp3) is 0.211. The van der Waals surface area contributed by atoms with E-state index in [4.69, 9.17) is 0 Å².